The minimum atomic E-state index is 0.0840. The summed E-state index contributed by atoms with van der Waals surface area (Å²) < 4.78 is 5.67. The van der Waals surface area contributed by atoms with Crippen molar-refractivity contribution >= 4 is 17.2 Å². The lowest BCUT2D eigenvalue weighted by Gasteiger charge is -2.26. The number of carbonyl (C=O) groups excluding carboxylic acids is 1. The van der Waals surface area contributed by atoms with E-state index in [2.05, 4.69) is 17.4 Å². The lowest BCUT2D eigenvalue weighted by atomic mass is 10.0. The second-order valence-electron chi connectivity index (χ2n) is 4.97. The van der Waals surface area contributed by atoms with Crippen LogP contribution in [0.25, 0.3) is 0 Å². The van der Waals surface area contributed by atoms with Gasteiger partial charge in [0, 0.05) is 11.3 Å². The number of nitrogens with one attached hydrogen (secondary N) is 1. The lowest BCUT2D eigenvalue weighted by Crippen LogP contribution is -2.42. The molecule has 0 fully saturated rings. The molecular formula is C16H17NO2S. The van der Waals surface area contributed by atoms with Crippen molar-refractivity contribution < 1.29 is 9.53 Å². The molecule has 3 nitrogen and oxygen atoms in total. The third kappa shape index (κ3) is 3.20. The van der Waals surface area contributed by atoms with Crippen molar-refractivity contribution in [2.24, 2.45) is 0 Å². The van der Waals surface area contributed by atoms with E-state index in [1.807, 2.05) is 29.6 Å². The average molecular weight is 287 g/mol. The van der Waals surface area contributed by atoms with Gasteiger partial charge in [0.2, 0.25) is 5.91 Å². The van der Waals surface area contributed by atoms with Gasteiger partial charge in [-0.1, -0.05) is 24.3 Å². The van der Waals surface area contributed by atoms with Crippen LogP contribution in [0, 0.1) is 0 Å². The molecule has 0 saturated heterocycles. The molecule has 1 aromatic heterocycles. The molecule has 20 heavy (non-hydrogen) atoms. The Labute approximate surface area is 122 Å². The number of thiophene rings is 1. The largest absolute Gasteiger partial charge is 0.491 e. The summed E-state index contributed by atoms with van der Waals surface area (Å²) in [6.07, 6.45) is 2.20. The molecule has 2 heterocycles. The fraction of sp³-hybridized carbons (Fsp3) is 0.312. The zero-order valence-electron chi connectivity index (χ0n) is 11.2. The Balaban J connectivity index is 1.50. The Morgan fingerprint density at radius 2 is 2.20 bits per heavy atom. The normalized spacial score (nSPS) is 17.1. The number of benzene rings is 1. The zero-order chi connectivity index (χ0) is 13.8. The first kappa shape index (κ1) is 13.2. The summed E-state index contributed by atoms with van der Waals surface area (Å²) in [4.78, 5) is 13.2. The van der Waals surface area contributed by atoms with Crippen LogP contribution in [0.3, 0.4) is 0 Å². The molecule has 1 amide bonds. The number of aryl methyl sites for hydroxylation is 1. The molecule has 0 saturated carbocycles. The van der Waals surface area contributed by atoms with E-state index in [0.717, 1.165) is 18.6 Å². The molecule has 1 N–H and O–H groups in total. The van der Waals surface area contributed by atoms with Crippen LogP contribution in [-0.2, 0) is 17.6 Å². The second-order valence-corrected chi connectivity index (χ2v) is 6.00. The van der Waals surface area contributed by atoms with E-state index in [4.69, 9.17) is 4.74 Å². The number of carbonyl (C=O) groups is 1. The average Bonchev–Trinajstić information content (AvgIpc) is 2.98. The van der Waals surface area contributed by atoms with Gasteiger partial charge in [-0.2, -0.15) is 0 Å². The van der Waals surface area contributed by atoms with E-state index < -0.39 is 0 Å². The Hall–Kier alpha value is -1.81. The van der Waals surface area contributed by atoms with Crippen LogP contribution in [0.15, 0.2) is 41.8 Å². The van der Waals surface area contributed by atoms with Crippen molar-refractivity contribution in [3.63, 3.8) is 0 Å². The van der Waals surface area contributed by atoms with Gasteiger partial charge in [0.25, 0.3) is 0 Å². The van der Waals surface area contributed by atoms with E-state index >= 15 is 0 Å². The summed E-state index contributed by atoms with van der Waals surface area (Å²) in [5, 5.41) is 5.10. The molecule has 1 aliphatic heterocycles. The fourth-order valence-corrected chi connectivity index (χ4v) is 3.12. The molecule has 1 aromatic carbocycles. The maximum Gasteiger partial charge on any atom is 0.220 e. The van der Waals surface area contributed by atoms with Crippen molar-refractivity contribution in [2.45, 2.75) is 25.3 Å². The third-order valence-electron chi connectivity index (χ3n) is 3.42. The first-order valence-electron chi connectivity index (χ1n) is 6.84. The first-order valence-corrected chi connectivity index (χ1v) is 7.71. The van der Waals surface area contributed by atoms with Crippen LogP contribution in [0.1, 0.15) is 16.9 Å². The number of amides is 1. The first-order chi connectivity index (χ1) is 9.81. The van der Waals surface area contributed by atoms with Gasteiger partial charge in [0.15, 0.2) is 0 Å². The van der Waals surface area contributed by atoms with Gasteiger partial charge in [-0.15, -0.1) is 11.3 Å². The molecule has 0 radical (unpaired) electrons. The van der Waals surface area contributed by atoms with Crippen LogP contribution in [0.5, 0.6) is 5.75 Å². The molecule has 1 unspecified atom stereocenters. The van der Waals surface area contributed by atoms with Crippen LogP contribution >= 0.6 is 11.3 Å². The highest BCUT2D eigenvalue weighted by Crippen LogP contribution is 2.23. The second kappa shape index (κ2) is 6.09. The van der Waals surface area contributed by atoms with Gasteiger partial charge in [-0.3, -0.25) is 4.79 Å². The summed E-state index contributed by atoms with van der Waals surface area (Å²) in [6, 6.07) is 12.2. The quantitative estimate of drug-likeness (QED) is 0.939. The lowest BCUT2D eigenvalue weighted by molar-refractivity contribution is -0.122. The number of para-hydroxylation sites is 1. The standard InChI is InChI=1S/C16H17NO2S/c18-16(8-7-14-5-3-9-20-14)17-13-10-12-4-1-2-6-15(12)19-11-13/h1-6,9,13H,7-8,10-11H2,(H,17,18). The number of hydrogen-bond acceptors (Lipinski definition) is 3. The third-order valence-corrected chi connectivity index (χ3v) is 4.36. The van der Waals surface area contributed by atoms with Crippen LogP contribution < -0.4 is 10.1 Å². The van der Waals surface area contributed by atoms with E-state index in [1.54, 1.807) is 11.3 Å². The number of hydrogen-bond donors (Lipinski definition) is 1. The van der Waals surface area contributed by atoms with Crippen LogP contribution in [0.4, 0.5) is 0 Å². The molecule has 1 atom stereocenters. The number of rotatable bonds is 4. The Bertz CT molecular complexity index is 580. The maximum absolute atomic E-state index is 12.0. The van der Waals surface area contributed by atoms with Gasteiger partial charge in [-0.05, 0) is 35.9 Å². The minimum absolute atomic E-state index is 0.0840. The number of ether oxygens (including phenoxy) is 1. The summed E-state index contributed by atoms with van der Waals surface area (Å²) in [5.41, 5.74) is 1.17. The van der Waals surface area contributed by atoms with Gasteiger partial charge in [0.05, 0.1) is 6.04 Å². The van der Waals surface area contributed by atoms with Crippen LogP contribution in [-0.4, -0.2) is 18.6 Å². The Kier molecular flexibility index (Phi) is 4.02. The van der Waals surface area contributed by atoms with Gasteiger partial charge in [0.1, 0.15) is 12.4 Å². The van der Waals surface area contributed by atoms with Gasteiger partial charge < -0.3 is 10.1 Å². The predicted molar refractivity (Wildman–Crippen MR) is 80.2 cm³/mol. The molecule has 1 aliphatic rings. The summed E-state index contributed by atoms with van der Waals surface area (Å²) >= 11 is 1.70. The predicted octanol–water partition coefficient (Wildman–Crippen LogP) is 2.80. The molecule has 104 valence electrons. The Morgan fingerprint density at radius 3 is 3.05 bits per heavy atom. The highest BCUT2D eigenvalue weighted by molar-refractivity contribution is 7.09. The zero-order valence-corrected chi connectivity index (χ0v) is 12.0. The smallest absolute Gasteiger partial charge is 0.220 e. The van der Waals surface area contributed by atoms with Gasteiger partial charge >= 0.3 is 0 Å². The molecule has 4 heteroatoms. The monoisotopic (exact) mass is 287 g/mol. The van der Waals surface area contributed by atoms with Crippen molar-refractivity contribution in [3.05, 3.63) is 52.2 Å². The van der Waals surface area contributed by atoms with E-state index in [-0.39, 0.29) is 11.9 Å². The van der Waals surface area contributed by atoms with E-state index in [0.29, 0.717) is 13.0 Å². The number of fused-ring (bicyclic) bond motifs is 1. The molecule has 0 spiro atoms. The van der Waals surface area contributed by atoms with Gasteiger partial charge in [-0.25, -0.2) is 0 Å². The summed E-state index contributed by atoms with van der Waals surface area (Å²) in [5.74, 6) is 1.04. The van der Waals surface area contributed by atoms with Crippen molar-refractivity contribution in [2.75, 3.05) is 6.61 Å². The minimum Gasteiger partial charge on any atom is -0.491 e. The highest BCUT2D eigenvalue weighted by Gasteiger charge is 2.20. The molecule has 3 rings (SSSR count). The van der Waals surface area contributed by atoms with E-state index in [9.17, 15) is 4.79 Å². The molecule has 0 aliphatic carbocycles. The summed E-state index contributed by atoms with van der Waals surface area (Å²) in [7, 11) is 0. The van der Waals surface area contributed by atoms with Crippen molar-refractivity contribution in [1.82, 2.24) is 5.32 Å². The highest BCUT2D eigenvalue weighted by atomic mass is 32.1. The van der Waals surface area contributed by atoms with Crippen molar-refractivity contribution in [1.29, 1.82) is 0 Å². The maximum atomic E-state index is 12.0. The van der Waals surface area contributed by atoms with E-state index in [1.165, 1.54) is 10.4 Å². The fourth-order valence-electron chi connectivity index (χ4n) is 2.41. The Morgan fingerprint density at radius 1 is 1.30 bits per heavy atom. The summed E-state index contributed by atoms with van der Waals surface area (Å²) in [6.45, 7) is 0.557. The van der Waals surface area contributed by atoms with Crippen molar-refractivity contribution in [3.8, 4) is 5.75 Å². The SMILES string of the molecule is O=C(CCc1cccs1)NC1COc2ccccc2C1. The molecule has 2 aromatic rings. The molecule has 0 bridgehead atoms. The molecular weight excluding hydrogens is 270 g/mol. The van der Waals surface area contributed by atoms with Crippen LogP contribution in [0.2, 0.25) is 0 Å². The topological polar surface area (TPSA) is 38.3 Å².